The van der Waals surface area contributed by atoms with Crippen molar-refractivity contribution in [3.8, 4) is 0 Å². The Morgan fingerprint density at radius 1 is 1.41 bits per heavy atom. The number of nitrogens with zero attached hydrogens (tertiary/aromatic N) is 1. The number of nitrogens with one attached hydrogen (secondary N) is 1. The molecule has 5 nitrogen and oxygen atoms in total. The van der Waals surface area contributed by atoms with Gasteiger partial charge in [-0.2, -0.15) is 4.31 Å². The number of hydrogen-bond acceptors (Lipinski definition) is 4. The van der Waals surface area contributed by atoms with Gasteiger partial charge in [-0.3, -0.25) is 0 Å². The molecule has 122 valence electrons. The third kappa shape index (κ3) is 2.37. The summed E-state index contributed by atoms with van der Waals surface area (Å²) < 4.78 is 27.5. The van der Waals surface area contributed by atoms with Crippen LogP contribution in [0.25, 0.3) is 0 Å². The minimum atomic E-state index is -3.56. The highest BCUT2D eigenvalue weighted by atomic mass is 35.5. The number of aliphatic hydroxyl groups is 1. The maximum absolute atomic E-state index is 13.0. The summed E-state index contributed by atoms with van der Waals surface area (Å²) in [6, 6.07) is 3.34. The summed E-state index contributed by atoms with van der Waals surface area (Å²) in [6.45, 7) is 5.82. The number of rotatable bonds is 3. The van der Waals surface area contributed by atoms with Crippen LogP contribution in [0, 0.1) is 25.2 Å². The van der Waals surface area contributed by atoms with E-state index in [0.29, 0.717) is 35.1 Å². The molecular formula is C15H21ClN2O3S. The summed E-state index contributed by atoms with van der Waals surface area (Å²) in [5, 5.41) is 13.6. The predicted octanol–water partition coefficient (Wildman–Crippen LogP) is 1.16. The molecule has 2 unspecified atom stereocenters. The van der Waals surface area contributed by atoms with Crippen LogP contribution < -0.4 is 5.32 Å². The van der Waals surface area contributed by atoms with Gasteiger partial charge in [-0.15, -0.1) is 0 Å². The van der Waals surface area contributed by atoms with Crippen molar-refractivity contribution in [1.29, 1.82) is 0 Å². The van der Waals surface area contributed by atoms with E-state index in [0.717, 1.165) is 12.1 Å². The second-order valence-electron chi connectivity index (χ2n) is 6.51. The molecule has 0 saturated carbocycles. The molecule has 0 aromatic heterocycles. The summed E-state index contributed by atoms with van der Waals surface area (Å²) in [5.41, 5.74) is 1.07. The molecule has 1 aromatic rings. The van der Waals surface area contributed by atoms with Gasteiger partial charge in [0.1, 0.15) is 0 Å². The van der Waals surface area contributed by atoms with Gasteiger partial charge in [0.05, 0.1) is 11.5 Å². The number of halogens is 1. The second kappa shape index (κ2) is 5.46. The van der Waals surface area contributed by atoms with Crippen LogP contribution in [0.5, 0.6) is 0 Å². The van der Waals surface area contributed by atoms with Crippen LogP contribution in [0.3, 0.4) is 0 Å². The number of aliphatic hydroxyl groups excluding tert-OH is 1. The highest BCUT2D eigenvalue weighted by molar-refractivity contribution is 7.89. The van der Waals surface area contributed by atoms with E-state index in [2.05, 4.69) is 5.32 Å². The first-order valence-corrected chi connectivity index (χ1v) is 9.20. The molecule has 2 saturated heterocycles. The summed E-state index contributed by atoms with van der Waals surface area (Å²) in [7, 11) is -3.56. The monoisotopic (exact) mass is 344 g/mol. The van der Waals surface area contributed by atoms with E-state index in [1.165, 1.54) is 4.31 Å². The first-order valence-electron chi connectivity index (χ1n) is 7.39. The quantitative estimate of drug-likeness (QED) is 0.863. The molecule has 0 aliphatic carbocycles. The molecule has 7 heteroatoms. The first kappa shape index (κ1) is 16.2. The van der Waals surface area contributed by atoms with Crippen molar-refractivity contribution in [3.05, 3.63) is 28.3 Å². The van der Waals surface area contributed by atoms with E-state index in [1.54, 1.807) is 26.0 Å². The molecule has 0 amide bonds. The van der Waals surface area contributed by atoms with Crippen molar-refractivity contribution in [3.63, 3.8) is 0 Å². The third-order valence-corrected chi connectivity index (χ3v) is 7.40. The number of hydrogen-bond donors (Lipinski definition) is 2. The zero-order chi connectivity index (χ0) is 16.1. The molecule has 2 heterocycles. The minimum Gasteiger partial charge on any atom is -0.396 e. The van der Waals surface area contributed by atoms with E-state index in [-0.39, 0.29) is 17.9 Å². The SMILES string of the molecule is Cc1cc(S(=O)(=O)N2CC3CNCC3(CO)C2)c(C)cc1Cl. The summed E-state index contributed by atoms with van der Waals surface area (Å²) in [4.78, 5) is 0.315. The van der Waals surface area contributed by atoms with Crippen LogP contribution in [-0.2, 0) is 10.0 Å². The molecule has 0 bridgehead atoms. The van der Waals surface area contributed by atoms with E-state index in [9.17, 15) is 13.5 Å². The van der Waals surface area contributed by atoms with E-state index < -0.39 is 10.0 Å². The summed E-state index contributed by atoms with van der Waals surface area (Å²) >= 11 is 6.07. The Labute approximate surface area is 136 Å². The van der Waals surface area contributed by atoms with Crippen molar-refractivity contribution in [2.24, 2.45) is 11.3 Å². The average Bonchev–Trinajstić information content (AvgIpc) is 3.00. The maximum Gasteiger partial charge on any atom is 0.243 e. The molecule has 1 aromatic carbocycles. The minimum absolute atomic E-state index is 0.00924. The van der Waals surface area contributed by atoms with E-state index in [1.807, 2.05) is 0 Å². The highest BCUT2D eigenvalue weighted by Gasteiger charge is 2.52. The van der Waals surface area contributed by atoms with Crippen molar-refractivity contribution in [1.82, 2.24) is 9.62 Å². The maximum atomic E-state index is 13.0. The topological polar surface area (TPSA) is 69.6 Å². The molecular weight excluding hydrogens is 324 g/mol. The highest BCUT2D eigenvalue weighted by Crippen LogP contribution is 2.41. The number of fused-ring (bicyclic) bond motifs is 1. The average molecular weight is 345 g/mol. The third-order valence-electron chi connectivity index (χ3n) is 5.04. The molecule has 2 N–H and O–H groups in total. The van der Waals surface area contributed by atoms with Crippen molar-refractivity contribution in [2.75, 3.05) is 32.8 Å². The fraction of sp³-hybridized carbons (Fsp3) is 0.600. The Hall–Kier alpha value is -0.660. The van der Waals surface area contributed by atoms with Crippen molar-refractivity contribution >= 4 is 21.6 Å². The standard InChI is InChI=1S/C15H21ClN2O3S/c1-10-4-14(11(2)3-13(10)16)22(20,21)18-6-12-5-17-7-15(12,8-18)9-19/h3-4,12,17,19H,5-9H2,1-2H3. The number of aryl methyl sites for hydroxylation is 2. The van der Waals surface area contributed by atoms with Crippen LogP contribution in [0.15, 0.2) is 17.0 Å². The zero-order valence-electron chi connectivity index (χ0n) is 12.8. The van der Waals surface area contributed by atoms with Crippen LogP contribution in [0.2, 0.25) is 5.02 Å². The second-order valence-corrected chi connectivity index (χ2v) is 8.83. The number of benzene rings is 1. The van der Waals surface area contributed by atoms with Crippen molar-refractivity contribution in [2.45, 2.75) is 18.7 Å². The lowest BCUT2D eigenvalue weighted by atomic mass is 9.82. The van der Waals surface area contributed by atoms with Gasteiger partial charge in [0.25, 0.3) is 0 Å². The fourth-order valence-electron chi connectivity index (χ4n) is 3.55. The molecule has 2 fully saturated rings. The van der Waals surface area contributed by atoms with Gasteiger partial charge in [-0.1, -0.05) is 11.6 Å². The van der Waals surface area contributed by atoms with E-state index >= 15 is 0 Å². The Kier molecular flexibility index (Phi) is 4.02. The Morgan fingerprint density at radius 2 is 2.14 bits per heavy atom. The summed E-state index contributed by atoms with van der Waals surface area (Å²) in [6.07, 6.45) is 0. The van der Waals surface area contributed by atoms with E-state index in [4.69, 9.17) is 11.6 Å². The molecule has 3 rings (SSSR count). The molecule has 22 heavy (non-hydrogen) atoms. The van der Waals surface area contributed by atoms with Crippen LogP contribution in [0.1, 0.15) is 11.1 Å². The largest absolute Gasteiger partial charge is 0.396 e. The molecule has 0 radical (unpaired) electrons. The number of sulfonamides is 1. The van der Waals surface area contributed by atoms with Crippen molar-refractivity contribution < 1.29 is 13.5 Å². The predicted molar refractivity (Wildman–Crippen MR) is 85.6 cm³/mol. The van der Waals surface area contributed by atoms with Gasteiger partial charge in [-0.25, -0.2) is 8.42 Å². The fourth-order valence-corrected chi connectivity index (χ4v) is 5.64. The first-order chi connectivity index (χ1) is 10.3. The lowest BCUT2D eigenvalue weighted by Crippen LogP contribution is -2.38. The smallest absolute Gasteiger partial charge is 0.243 e. The lowest BCUT2D eigenvalue weighted by Gasteiger charge is -2.25. The Balaban J connectivity index is 1.97. The van der Waals surface area contributed by atoms with Gasteiger partial charge in [0.15, 0.2) is 0 Å². The van der Waals surface area contributed by atoms with Gasteiger partial charge >= 0.3 is 0 Å². The van der Waals surface area contributed by atoms with Gasteiger partial charge in [0.2, 0.25) is 10.0 Å². The lowest BCUT2D eigenvalue weighted by molar-refractivity contribution is 0.130. The molecule has 2 atom stereocenters. The summed E-state index contributed by atoms with van der Waals surface area (Å²) in [5.74, 6) is 0.168. The van der Waals surface area contributed by atoms with Crippen LogP contribution in [0.4, 0.5) is 0 Å². The van der Waals surface area contributed by atoms with Gasteiger partial charge < -0.3 is 10.4 Å². The van der Waals surface area contributed by atoms with Gasteiger partial charge in [-0.05, 0) is 49.6 Å². The molecule has 2 aliphatic rings. The van der Waals surface area contributed by atoms with Gasteiger partial charge in [0, 0.05) is 30.1 Å². The van der Waals surface area contributed by atoms with Crippen LogP contribution >= 0.6 is 11.6 Å². The van der Waals surface area contributed by atoms with Crippen LogP contribution in [-0.4, -0.2) is 50.6 Å². The molecule has 0 spiro atoms. The zero-order valence-corrected chi connectivity index (χ0v) is 14.3. The Bertz CT molecular complexity index is 707. The Morgan fingerprint density at radius 3 is 2.77 bits per heavy atom. The normalized spacial score (nSPS) is 29.0. The molecule has 2 aliphatic heterocycles.